The molecule has 0 spiro atoms. The van der Waals surface area contributed by atoms with Crippen LogP contribution in [0.3, 0.4) is 0 Å². The summed E-state index contributed by atoms with van der Waals surface area (Å²) in [6, 6.07) is 5.21. The summed E-state index contributed by atoms with van der Waals surface area (Å²) < 4.78 is 0. The molecule has 0 aliphatic carbocycles. The van der Waals surface area contributed by atoms with E-state index in [-0.39, 0.29) is 17.9 Å². The molecule has 2 rings (SSSR count). The standard InChI is InChI=1S/C16H22Cl2N2O/c1-3-10(2)15(19)16(21)20-8-4-5-14(20)11-6-7-12(17)13(18)9-11/h6-7,9-10,14-15H,3-5,8,19H2,1-2H3. The van der Waals surface area contributed by atoms with Crippen LogP contribution in [-0.4, -0.2) is 23.4 Å². The van der Waals surface area contributed by atoms with Crippen LogP contribution in [-0.2, 0) is 4.79 Å². The minimum Gasteiger partial charge on any atom is -0.334 e. The number of hydrogen-bond donors (Lipinski definition) is 1. The van der Waals surface area contributed by atoms with Gasteiger partial charge in [-0.15, -0.1) is 0 Å². The van der Waals surface area contributed by atoms with Crippen LogP contribution in [0, 0.1) is 5.92 Å². The number of hydrogen-bond acceptors (Lipinski definition) is 2. The Kier molecular flexibility index (Phi) is 5.53. The molecule has 21 heavy (non-hydrogen) atoms. The average molecular weight is 329 g/mol. The molecule has 1 saturated heterocycles. The number of nitrogens with zero attached hydrogens (tertiary/aromatic N) is 1. The van der Waals surface area contributed by atoms with Crippen LogP contribution in [0.25, 0.3) is 0 Å². The number of benzene rings is 1. The van der Waals surface area contributed by atoms with Crippen molar-refractivity contribution in [2.45, 2.75) is 45.2 Å². The highest BCUT2D eigenvalue weighted by Crippen LogP contribution is 2.35. The van der Waals surface area contributed by atoms with Crippen molar-refractivity contribution in [3.63, 3.8) is 0 Å². The van der Waals surface area contributed by atoms with E-state index >= 15 is 0 Å². The summed E-state index contributed by atoms with van der Waals surface area (Å²) in [5, 5.41) is 1.06. The molecule has 116 valence electrons. The van der Waals surface area contributed by atoms with Crippen LogP contribution in [0.4, 0.5) is 0 Å². The molecule has 1 aliphatic rings. The highest BCUT2D eigenvalue weighted by atomic mass is 35.5. The Labute approximate surface area is 136 Å². The van der Waals surface area contributed by atoms with Crippen LogP contribution < -0.4 is 5.73 Å². The van der Waals surface area contributed by atoms with Crippen molar-refractivity contribution in [1.29, 1.82) is 0 Å². The lowest BCUT2D eigenvalue weighted by molar-refractivity contribution is -0.134. The van der Waals surface area contributed by atoms with E-state index in [4.69, 9.17) is 28.9 Å². The molecule has 2 N–H and O–H groups in total. The van der Waals surface area contributed by atoms with Gasteiger partial charge < -0.3 is 10.6 Å². The van der Waals surface area contributed by atoms with Crippen molar-refractivity contribution in [3.05, 3.63) is 33.8 Å². The number of carbonyl (C=O) groups excluding carboxylic acids is 1. The number of halogens is 2. The SMILES string of the molecule is CCC(C)C(N)C(=O)N1CCCC1c1ccc(Cl)c(Cl)c1. The van der Waals surface area contributed by atoms with Gasteiger partial charge in [0, 0.05) is 6.54 Å². The summed E-state index contributed by atoms with van der Waals surface area (Å²) in [7, 11) is 0. The number of amides is 1. The lowest BCUT2D eigenvalue weighted by Crippen LogP contribution is -2.46. The second-order valence-corrected chi connectivity index (χ2v) is 6.59. The molecule has 3 atom stereocenters. The van der Waals surface area contributed by atoms with Crippen LogP contribution in [0.15, 0.2) is 18.2 Å². The van der Waals surface area contributed by atoms with E-state index in [9.17, 15) is 4.79 Å². The zero-order valence-electron chi connectivity index (χ0n) is 12.5. The normalized spacial score (nSPS) is 21.4. The Bertz CT molecular complexity index is 521. The van der Waals surface area contributed by atoms with Crippen molar-refractivity contribution in [2.75, 3.05) is 6.54 Å². The van der Waals surface area contributed by atoms with Gasteiger partial charge in [-0.2, -0.15) is 0 Å². The van der Waals surface area contributed by atoms with Crippen molar-refractivity contribution in [3.8, 4) is 0 Å². The highest BCUT2D eigenvalue weighted by molar-refractivity contribution is 6.42. The van der Waals surface area contributed by atoms with E-state index in [0.29, 0.717) is 10.0 Å². The quantitative estimate of drug-likeness (QED) is 0.906. The molecule has 5 heteroatoms. The summed E-state index contributed by atoms with van der Waals surface area (Å²) in [6.45, 7) is 4.83. The van der Waals surface area contributed by atoms with Gasteiger partial charge in [0.15, 0.2) is 0 Å². The van der Waals surface area contributed by atoms with E-state index in [1.807, 2.05) is 24.0 Å². The minimum atomic E-state index is -0.432. The van der Waals surface area contributed by atoms with Crippen molar-refractivity contribution in [2.24, 2.45) is 11.7 Å². The number of rotatable bonds is 4. The molecular weight excluding hydrogens is 307 g/mol. The summed E-state index contributed by atoms with van der Waals surface area (Å²) >= 11 is 12.1. The van der Waals surface area contributed by atoms with Crippen molar-refractivity contribution >= 4 is 29.1 Å². The van der Waals surface area contributed by atoms with Gasteiger partial charge in [0.1, 0.15) is 0 Å². The molecule has 1 aromatic carbocycles. The molecule has 0 radical (unpaired) electrons. The van der Waals surface area contributed by atoms with Crippen LogP contribution in [0.5, 0.6) is 0 Å². The third kappa shape index (κ3) is 3.53. The summed E-state index contributed by atoms with van der Waals surface area (Å²) in [4.78, 5) is 14.5. The van der Waals surface area contributed by atoms with Gasteiger partial charge in [0.25, 0.3) is 0 Å². The Morgan fingerprint density at radius 1 is 1.43 bits per heavy atom. The maximum Gasteiger partial charge on any atom is 0.240 e. The van der Waals surface area contributed by atoms with Crippen molar-refractivity contribution in [1.82, 2.24) is 4.90 Å². The molecule has 3 unspecified atom stereocenters. The molecule has 1 fully saturated rings. The second-order valence-electron chi connectivity index (χ2n) is 5.77. The van der Waals surface area contributed by atoms with Gasteiger partial charge in [-0.25, -0.2) is 0 Å². The van der Waals surface area contributed by atoms with E-state index in [2.05, 4.69) is 6.92 Å². The Balaban J connectivity index is 2.20. The molecule has 0 aromatic heterocycles. The molecule has 1 amide bonds. The molecule has 3 nitrogen and oxygen atoms in total. The predicted molar refractivity (Wildman–Crippen MR) is 87.6 cm³/mol. The van der Waals surface area contributed by atoms with E-state index in [1.54, 1.807) is 6.07 Å². The molecular formula is C16H22Cl2N2O. The molecule has 0 saturated carbocycles. The van der Waals surface area contributed by atoms with E-state index in [0.717, 1.165) is 31.4 Å². The maximum absolute atomic E-state index is 12.6. The Morgan fingerprint density at radius 2 is 2.14 bits per heavy atom. The summed E-state index contributed by atoms with van der Waals surface area (Å²) in [5.74, 6) is 0.227. The van der Waals surface area contributed by atoms with Gasteiger partial charge in [0.05, 0.1) is 22.1 Å². The monoisotopic (exact) mass is 328 g/mol. The van der Waals surface area contributed by atoms with Crippen LogP contribution in [0.1, 0.15) is 44.7 Å². The largest absolute Gasteiger partial charge is 0.334 e. The van der Waals surface area contributed by atoms with Gasteiger partial charge >= 0.3 is 0 Å². The second kappa shape index (κ2) is 6.99. The fourth-order valence-electron chi connectivity index (χ4n) is 2.79. The number of carbonyl (C=O) groups is 1. The fourth-order valence-corrected chi connectivity index (χ4v) is 3.09. The third-order valence-electron chi connectivity index (χ3n) is 4.41. The lowest BCUT2D eigenvalue weighted by Gasteiger charge is -2.30. The number of likely N-dealkylation sites (tertiary alicyclic amines) is 1. The van der Waals surface area contributed by atoms with Gasteiger partial charge in [-0.1, -0.05) is 49.5 Å². The highest BCUT2D eigenvalue weighted by Gasteiger charge is 2.34. The Hall–Kier alpha value is -0.770. The number of nitrogens with two attached hydrogens (primary N) is 1. The predicted octanol–water partition coefficient (Wildman–Crippen LogP) is 4.03. The Morgan fingerprint density at radius 3 is 2.76 bits per heavy atom. The first kappa shape index (κ1) is 16.6. The summed E-state index contributed by atoms with van der Waals surface area (Å²) in [5.41, 5.74) is 7.14. The third-order valence-corrected chi connectivity index (χ3v) is 5.15. The van der Waals surface area contributed by atoms with Crippen LogP contribution in [0.2, 0.25) is 10.0 Å². The fraction of sp³-hybridized carbons (Fsp3) is 0.562. The average Bonchev–Trinajstić information content (AvgIpc) is 2.97. The maximum atomic E-state index is 12.6. The first-order chi connectivity index (χ1) is 9.95. The zero-order valence-corrected chi connectivity index (χ0v) is 14.0. The first-order valence-corrected chi connectivity index (χ1v) is 8.22. The molecule has 1 aliphatic heterocycles. The molecule has 1 heterocycles. The van der Waals surface area contributed by atoms with Crippen LogP contribution >= 0.6 is 23.2 Å². The zero-order chi connectivity index (χ0) is 15.6. The van der Waals surface area contributed by atoms with E-state index in [1.165, 1.54) is 0 Å². The smallest absolute Gasteiger partial charge is 0.240 e. The molecule has 1 aromatic rings. The van der Waals surface area contributed by atoms with Crippen molar-refractivity contribution < 1.29 is 4.79 Å². The topological polar surface area (TPSA) is 46.3 Å². The van der Waals surface area contributed by atoms with Gasteiger partial charge in [0.2, 0.25) is 5.91 Å². The first-order valence-electron chi connectivity index (χ1n) is 7.46. The van der Waals surface area contributed by atoms with Gasteiger partial charge in [-0.05, 0) is 36.5 Å². The van der Waals surface area contributed by atoms with E-state index < -0.39 is 6.04 Å². The molecule has 0 bridgehead atoms. The van der Waals surface area contributed by atoms with Gasteiger partial charge in [-0.3, -0.25) is 4.79 Å². The summed E-state index contributed by atoms with van der Waals surface area (Å²) in [6.07, 6.45) is 2.83. The minimum absolute atomic E-state index is 0.0397. The lowest BCUT2D eigenvalue weighted by atomic mass is 9.97.